The van der Waals surface area contributed by atoms with E-state index in [1.54, 1.807) is 15.8 Å². The summed E-state index contributed by atoms with van der Waals surface area (Å²) in [5.74, 6) is 1.50. The fourth-order valence-corrected chi connectivity index (χ4v) is 3.86. The van der Waals surface area contributed by atoms with Gasteiger partial charge in [0.1, 0.15) is 6.54 Å². The Kier molecular flexibility index (Phi) is 7.49. The molecular formula is C20H35N7O2. The van der Waals surface area contributed by atoms with Crippen LogP contribution in [0.5, 0.6) is 0 Å². The summed E-state index contributed by atoms with van der Waals surface area (Å²) in [5.41, 5.74) is 0.847. The van der Waals surface area contributed by atoms with Gasteiger partial charge in [-0.15, -0.1) is 0 Å². The average Bonchev–Trinajstić information content (AvgIpc) is 3.11. The zero-order valence-electron chi connectivity index (χ0n) is 18.2. The van der Waals surface area contributed by atoms with Crippen molar-refractivity contribution in [3.63, 3.8) is 0 Å². The normalized spacial score (nSPS) is 21.9. The number of hydrogen-bond donors (Lipinski definition) is 1. The molecule has 1 aromatic rings. The number of anilines is 1. The van der Waals surface area contributed by atoms with Crippen LogP contribution in [0.15, 0.2) is 17.4 Å². The van der Waals surface area contributed by atoms with Crippen molar-refractivity contribution in [2.24, 2.45) is 18.0 Å². The highest BCUT2D eigenvalue weighted by Gasteiger charge is 2.28. The first-order valence-corrected chi connectivity index (χ1v) is 10.6. The minimum atomic E-state index is 0.0619. The van der Waals surface area contributed by atoms with Crippen molar-refractivity contribution in [1.29, 1.82) is 0 Å². The highest BCUT2D eigenvalue weighted by atomic mass is 16.5. The Morgan fingerprint density at radius 3 is 2.86 bits per heavy atom. The molecule has 0 aromatic carbocycles. The molecule has 1 aromatic heterocycles. The van der Waals surface area contributed by atoms with Crippen molar-refractivity contribution >= 4 is 17.6 Å². The van der Waals surface area contributed by atoms with Gasteiger partial charge in [-0.25, -0.2) is 0 Å². The molecule has 2 aliphatic rings. The van der Waals surface area contributed by atoms with E-state index in [2.05, 4.69) is 29.2 Å². The van der Waals surface area contributed by atoms with Gasteiger partial charge in [0.2, 0.25) is 5.91 Å². The summed E-state index contributed by atoms with van der Waals surface area (Å²) in [6.07, 6.45) is 3.70. The minimum Gasteiger partial charge on any atom is -0.374 e. The monoisotopic (exact) mass is 405 g/mol. The van der Waals surface area contributed by atoms with Gasteiger partial charge in [0.05, 0.1) is 31.1 Å². The van der Waals surface area contributed by atoms with Gasteiger partial charge in [0.15, 0.2) is 5.96 Å². The zero-order chi connectivity index (χ0) is 20.8. The van der Waals surface area contributed by atoms with Crippen LogP contribution in [0, 0.1) is 5.92 Å². The first kappa shape index (κ1) is 21.6. The smallest absolute Gasteiger partial charge is 0.246 e. The number of guanidine groups is 1. The molecule has 3 rings (SSSR count). The van der Waals surface area contributed by atoms with Crippen LogP contribution in [0.2, 0.25) is 0 Å². The number of nitrogens with zero attached hydrogens (tertiary/aromatic N) is 6. The molecule has 1 unspecified atom stereocenters. The molecule has 9 nitrogen and oxygen atoms in total. The third kappa shape index (κ3) is 5.93. The third-order valence-corrected chi connectivity index (χ3v) is 5.15. The molecule has 2 saturated heterocycles. The van der Waals surface area contributed by atoms with Crippen LogP contribution in [0.3, 0.4) is 0 Å². The lowest BCUT2D eigenvalue weighted by Crippen LogP contribution is -2.55. The van der Waals surface area contributed by atoms with Gasteiger partial charge in [0.25, 0.3) is 0 Å². The van der Waals surface area contributed by atoms with Gasteiger partial charge in [-0.1, -0.05) is 13.8 Å². The summed E-state index contributed by atoms with van der Waals surface area (Å²) >= 11 is 0. The number of aliphatic imine (C=N–C) groups is 1. The first-order valence-electron chi connectivity index (χ1n) is 10.6. The van der Waals surface area contributed by atoms with Crippen molar-refractivity contribution in [2.45, 2.75) is 26.9 Å². The highest BCUT2D eigenvalue weighted by molar-refractivity contribution is 5.98. The third-order valence-electron chi connectivity index (χ3n) is 5.15. The number of piperazine rings is 1. The van der Waals surface area contributed by atoms with E-state index in [0.29, 0.717) is 25.6 Å². The van der Waals surface area contributed by atoms with E-state index in [1.807, 2.05) is 25.1 Å². The van der Waals surface area contributed by atoms with E-state index in [4.69, 9.17) is 9.73 Å². The molecular weight excluding hydrogens is 370 g/mol. The number of aromatic nitrogens is 2. The van der Waals surface area contributed by atoms with Gasteiger partial charge in [-0.2, -0.15) is 5.10 Å². The zero-order valence-corrected chi connectivity index (χ0v) is 18.2. The fraction of sp³-hybridized carbons (Fsp3) is 0.750. The van der Waals surface area contributed by atoms with E-state index >= 15 is 0 Å². The maximum Gasteiger partial charge on any atom is 0.246 e. The number of nitrogens with one attached hydrogen (secondary N) is 1. The molecule has 1 N–H and O–H groups in total. The lowest BCUT2D eigenvalue weighted by molar-refractivity contribution is -0.120. The second-order valence-electron chi connectivity index (χ2n) is 8.18. The molecule has 0 saturated carbocycles. The Labute approximate surface area is 173 Å². The largest absolute Gasteiger partial charge is 0.374 e. The molecule has 0 bridgehead atoms. The topological polar surface area (TPSA) is 78.2 Å². The number of aryl methyl sites for hydroxylation is 1. The standard InChI is InChI=1S/C20H35N7O2/c1-5-21-20(22-11-18-14-25(8-9-29-18)12-16(2)3)26-6-7-27(19(28)15-26)17-10-23-24(4)13-17/h10,13,16,18H,5-9,11-12,14-15H2,1-4H3,(H,21,22). The summed E-state index contributed by atoms with van der Waals surface area (Å²) in [7, 11) is 1.86. The van der Waals surface area contributed by atoms with Crippen LogP contribution >= 0.6 is 0 Å². The van der Waals surface area contributed by atoms with Gasteiger partial charge in [-0.05, 0) is 12.8 Å². The quantitative estimate of drug-likeness (QED) is 0.545. The van der Waals surface area contributed by atoms with Gasteiger partial charge < -0.3 is 19.9 Å². The van der Waals surface area contributed by atoms with Crippen molar-refractivity contribution in [2.75, 3.05) is 63.9 Å². The molecule has 9 heteroatoms. The Bertz CT molecular complexity index is 703. The van der Waals surface area contributed by atoms with Crippen molar-refractivity contribution < 1.29 is 9.53 Å². The Hall–Kier alpha value is -2.13. The summed E-state index contributed by atoms with van der Waals surface area (Å²) in [6, 6.07) is 0. The molecule has 2 fully saturated rings. The molecule has 1 atom stereocenters. The van der Waals surface area contributed by atoms with Gasteiger partial charge in [0, 0.05) is 52.5 Å². The second-order valence-corrected chi connectivity index (χ2v) is 8.18. The maximum absolute atomic E-state index is 12.7. The van der Waals surface area contributed by atoms with Crippen LogP contribution in [0.4, 0.5) is 5.69 Å². The lowest BCUT2D eigenvalue weighted by Gasteiger charge is -2.36. The Morgan fingerprint density at radius 1 is 1.38 bits per heavy atom. The minimum absolute atomic E-state index is 0.0619. The molecule has 0 aliphatic carbocycles. The molecule has 0 radical (unpaired) electrons. The highest BCUT2D eigenvalue weighted by Crippen LogP contribution is 2.16. The van der Waals surface area contributed by atoms with E-state index in [9.17, 15) is 4.79 Å². The number of morpholine rings is 1. The molecule has 3 heterocycles. The summed E-state index contributed by atoms with van der Waals surface area (Å²) in [6.45, 7) is 13.3. The summed E-state index contributed by atoms with van der Waals surface area (Å²) in [4.78, 5) is 23.8. The van der Waals surface area contributed by atoms with Gasteiger partial charge >= 0.3 is 0 Å². The van der Waals surface area contributed by atoms with Crippen LogP contribution in [-0.4, -0.2) is 96.5 Å². The number of rotatable bonds is 6. The van der Waals surface area contributed by atoms with E-state index in [1.165, 1.54) is 0 Å². The fourth-order valence-electron chi connectivity index (χ4n) is 3.86. The van der Waals surface area contributed by atoms with Crippen LogP contribution in [0.25, 0.3) is 0 Å². The summed E-state index contributed by atoms with van der Waals surface area (Å²) in [5, 5.41) is 7.50. The first-order chi connectivity index (χ1) is 14.0. The van der Waals surface area contributed by atoms with Crippen LogP contribution in [0.1, 0.15) is 20.8 Å². The van der Waals surface area contributed by atoms with Crippen LogP contribution in [-0.2, 0) is 16.6 Å². The maximum atomic E-state index is 12.7. The number of carbonyl (C=O) groups excluding carboxylic acids is 1. The number of hydrogen-bond acceptors (Lipinski definition) is 5. The second kappa shape index (κ2) is 10.1. The van der Waals surface area contributed by atoms with Crippen molar-refractivity contribution in [1.82, 2.24) is 24.9 Å². The van der Waals surface area contributed by atoms with Crippen molar-refractivity contribution in [3.05, 3.63) is 12.4 Å². The van der Waals surface area contributed by atoms with E-state index in [-0.39, 0.29) is 12.0 Å². The number of ether oxygens (including phenoxy) is 1. The predicted octanol–water partition coefficient (Wildman–Crippen LogP) is 0.391. The molecule has 162 valence electrons. The molecule has 29 heavy (non-hydrogen) atoms. The Morgan fingerprint density at radius 2 is 2.21 bits per heavy atom. The number of carbonyl (C=O) groups is 1. The SMILES string of the molecule is CCNC(=NCC1CN(CC(C)C)CCO1)N1CCN(c2cnn(C)c2)C(=O)C1. The number of amides is 1. The van der Waals surface area contributed by atoms with Crippen LogP contribution < -0.4 is 10.2 Å². The summed E-state index contributed by atoms with van der Waals surface area (Å²) < 4.78 is 7.64. The van der Waals surface area contributed by atoms with Crippen molar-refractivity contribution in [3.8, 4) is 0 Å². The van der Waals surface area contributed by atoms with E-state index < -0.39 is 0 Å². The molecule has 1 amide bonds. The molecule has 2 aliphatic heterocycles. The Balaban J connectivity index is 1.58. The lowest BCUT2D eigenvalue weighted by atomic mass is 10.2. The average molecular weight is 406 g/mol. The molecule has 0 spiro atoms. The van der Waals surface area contributed by atoms with Gasteiger partial charge in [-0.3, -0.25) is 19.4 Å². The predicted molar refractivity (Wildman–Crippen MR) is 114 cm³/mol. The van der Waals surface area contributed by atoms with E-state index in [0.717, 1.165) is 51.0 Å².